The third-order valence-corrected chi connectivity index (χ3v) is 8.89. The summed E-state index contributed by atoms with van der Waals surface area (Å²) in [5.41, 5.74) is 0. The van der Waals surface area contributed by atoms with Gasteiger partial charge in [-0.2, -0.15) is 9.03 Å². The summed E-state index contributed by atoms with van der Waals surface area (Å²) in [5, 5.41) is 0. The van der Waals surface area contributed by atoms with E-state index in [1.54, 1.807) is 32.0 Å². The Morgan fingerprint density at radius 3 is 1.97 bits per heavy atom. The summed E-state index contributed by atoms with van der Waals surface area (Å²) in [4.78, 5) is 14.9. The first-order valence-corrected chi connectivity index (χ1v) is 13.5. The normalized spacial score (nSPS) is 16.5. The third-order valence-electron chi connectivity index (χ3n) is 5.52. The minimum Gasteiger partial charge on any atom is -0.497 e. The zero-order chi connectivity index (χ0) is 24.2. The van der Waals surface area contributed by atoms with Crippen LogP contribution in [0, 0.1) is 5.92 Å². The monoisotopic (exact) mass is 495 g/mol. The highest BCUT2D eigenvalue weighted by Gasteiger charge is 2.35. The van der Waals surface area contributed by atoms with Crippen LogP contribution in [-0.2, 0) is 24.8 Å². The van der Waals surface area contributed by atoms with Crippen LogP contribution < -0.4 is 9.46 Å². The largest absolute Gasteiger partial charge is 0.497 e. The maximum absolute atomic E-state index is 13.2. The van der Waals surface area contributed by atoms with Crippen LogP contribution in [0.4, 0.5) is 0 Å². The second-order valence-electron chi connectivity index (χ2n) is 8.06. The molecule has 0 saturated carbocycles. The summed E-state index contributed by atoms with van der Waals surface area (Å²) in [6.07, 6.45) is 0. The van der Waals surface area contributed by atoms with E-state index in [0.29, 0.717) is 5.75 Å². The first-order chi connectivity index (χ1) is 15.6. The van der Waals surface area contributed by atoms with Crippen molar-refractivity contribution in [3.63, 3.8) is 0 Å². The van der Waals surface area contributed by atoms with Crippen LogP contribution in [0.15, 0.2) is 64.4 Å². The molecule has 1 heterocycles. The van der Waals surface area contributed by atoms with Crippen LogP contribution in [0.25, 0.3) is 0 Å². The number of methoxy groups -OCH3 is 1. The van der Waals surface area contributed by atoms with Gasteiger partial charge in [0.1, 0.15) is 11.8 Å². The maximum Gasteiger partial charge on any atom is 0.243 e. The fourth-order valence-electron chi connectivity index (χ4n) is 3.55. The first kappa shape index (κ1) is 25.2. The van der Waals surface area contributed by atoms with Crippen molar-refractivity contribution in [1.29, 1.82) is 0 Å². The molecule has 1 aliphatic heterocycles. The van der Waals surface area contributed by atoms with E-state index in [0.717, 1.165) is 0 Å². The predicted molar refractivity (Wildman–Crippen MR) is 124 cm³/mol. The third kappa shape index (κ3) is 5.72. The average Bonchev–Trinajstić information content (AvgIpc) is 2.82. The quantitative estimate of drug-likeness (QED) is 0.594. The van der Waals surface area contributed by atoms with Crippen molar-refractivity contribution in [2.45, 2.75) is 29.7 Å². The van der Waals surface area contributed by atoms with E-state index in [-0.39, 0.29) is 47.8 Å². The van der Waals surface area contributed by atoms with Crippen molar-refractivity contribution >= 4 is 26.0 Å². The summed E-state index contributed by atoms with van der Waals surface area (Å²) in [6.45, 7) is 4.15. The smallest absolute Gasteiger partial charge is 0.243 e. The van der Waals surface area contributed by atoms with Gasteiger partial charge in [-0.05, 0) is 42.3 Å². The van der Waals surface area contributed by atoms with Crippen LogP contribution in [0.5, 0.6) is 5.75 Å². The standard InChI is InChI=1S/C22H29N3O6S2/c1-17(2)21(23-32(27,28)19-11-9-18(31-3)10-12-19)22(26)24-13-15-25(16-14-24)33(29,30)20-7-5-4-6-8-20/h4-12,17,21,23H,13-16H2,1-3H3/t21-/m0/s1. The van der Waals surface area contributed by atoms with E-state index in [2.05, 4.69) is 4.72 Å². The SMILES string of the molecule is COc1ccc(S(=O)(=O)N[C@H](C(=O)N2CCN(S(=O)(=O)c3ccccc3)CC2)C(C)C)cc1. The van der Waals surface area contributed by atoms with Gasteiger partial charge in [-0.3, -0.25) is 4.79 Å². The lowest BCUT2D eigenvalue weighted by Gasteiger charge is -2.36. The molecule has 0 aromatic heterocycles. The van der Waals surface area contributed by atoms with Gasteiger partial charge in [-0.25, -0.2) is 16.8 Å². The molecule has 180 valence electrons. The van der Waals surface area contributed by atoms with Gasteiger partial charge < -0.3 is 9.64 Å². The summed E-state index contributed by atoms with van der Waals surface area (Å²) in [7, 11) is -6.10. The Balaban J connectivity index is 1.69. The number of hydrogen-bond acceptors (Lipinski definition) is 6. The second-order valence-corrected chi connectivity index (χ2v) is 11.7. The average molecular weight is 496 g/mol. The Bertz CT molecular complexity index is 1160. The molecule has 2 aromatic rings. The van der Waals surface area contributed by atoms with E-state index in [9.17, 15) is 21.6 Å². The van der Waals surface area contributed by atoms with E-state index < -0.39 is 26.1 Å². The molecular formula is C22H29N3O6S2. The highest BCUT2D eigenvalue weighted by atomic mass is 32.2. The number of carbonyl (C=O) groups is 1. The van der Waals surface area contributed by atoms with E-state index >= 15 is 0 Å². The summed E-state index contributed by atoms with van der Waals surface area (Å²) in [5.74, 6) is -0.163. The summed E-state index contributed by atoms with van der Waals surface area (Å²) >= 11 is 0. The molecule has 0 bridgehead atoms. The van der Waals surface area contributed by atoms with Crippen LogP contribution in [-0.4, -0.2) is 71.3 Å². The molecule has 0 unspecified atom stereocenters. The minimum absolute atomic E-state index is 0.0283. The van der Waals surface area contributed by atoms with Gasteiger partial charge in [0, 0.05) is 26.2 Å². The van der Waals surface area contributed by atoms with Crippen molar-refractivity contribution in [1.82, 2.24) is 13.9 Å². The number of hydrogen-bond donors (Lipinski definition) is 1. The van der Waals surface area contributed by atoms with E-state index in [1.165, 1.54) is 52.7 Å². The number of rotatable bonds is 8. The van der Waals surface area contributed by atoms with Crippen molar-refractivity contribution in [2.75, 3.05) is 33.3 Å². The molecule has 11 heteroatoms. The lowest BCUT2D eigenvalue weighted by atomic mass is 10.0. The molecule has 1 saturated heterocycles. The molecule has 1 N–H and O–H groups in total. The van der Waals surface area contributed by atoms with Gasteiger partial charge in [0.2, 0.25) is 26.0 Å². The van der Waals surface area contributed by atoms with Gasteiger partial charge in [-0.1, -0.05) is 32.0 Å². The van der Waals surface area contributed by atoms with Gasteiger partial charge >= 0.3 is 0 Å². The number of amides is 1. The van der Waals surface area contributed by atoms with Gasteiger partial charge in [-0.15, -0.1) is 0 Å². The van der Waals surface area contributed by atoms with Crippen LogP contribution >= 0.6 is 0 Å². The van der Waals surface area contributed by atoms with Crippen molar-refractivity contribution < 1.29 is 26.4 Å². The molecular weight excluding hydrogens is 466 g/mol. The number of nitrogens with zero attached hydrogens (tertiary/aromatic N) is 2. The Kier molecular flexibility index (Phi) is 7.78. The molecule has 1 atom stereocenters. The van der Waals surface area contributed by atoms with Crippen LogP contribution in [0.1, 0.15) is 13.8 Å². The Hall–Kier alpha value is -2.47. The Labute approximate surface area is 195 Å². The topological polar surface area (TPSA) is 113 Å². The Morgan fingerprint density at radius 2 is 1.45 bits per heavy atom. The van der Waals surface area contributed by atoms with E-state index in [4.69, 9.17) is 4.74 Å². The molecule has 1 amide bonds. The molecule has 2 aromatic carbocycles. The Morgan fingerprint density at radius 1 is 0.879 bits per heavy atom. The molecule has 0 aliphatic carbocycles. The molecule has 0 spiro atoms. The van der Waals surface area contributed by atoms with Gasteiger partial charge in [0.25, 0.3) is 0 Å². The van der Waals surface area contributed by atoms with Crippen molar-refractivity contribution in [2.24, 2.45) is 5.92 Å². The maximum atomic E-state index is 13.2. The lowest BCUT2D eigenvalue weighted by Crippen LogP contribution is -2.57. The zero-order valence-electron chi connectivity index (χ0n) is 18.8. The number of sulfonamides is 2. The highest BCUT2D eigenvalue weighted by Crippen LogP contribution is 2.20. The number of piperazine rings is 1. The fraction of sp³-hybridized carbons (Fsp3) is 0.409. The molecule has 1 fully saturated rings. The van der Waals surface area contributed by atoms with Crippen molar-refractivity contribution in [3.8, 4) is 5.75 Å². The van der Waals surface area contributed by atoms with Crippen LogP contribution in [0.2, 0.25) is 0 Å². The zero-order valence-corrected chi connectivity index (χ0v) is 20.5. The molecule has 33 heavy (non-hydrogen) atoms. The second kappa shape index (κ2) is 10.2. The number of benzene rings is 2. The number of ether oxygens (including phenoxy) is 1. The summed E-state index contributed by atoms with van der Waals surface area (Å²) < 4.78 is 60.3. The van der Waals surface area contributed by atoms with Gasteiger partial charge in [0.15, 0.2) is 0 Å². The van der Waals surface area contributed by atoms with Crippen molar-refractivity contribution in [3.05, 3.63) is 54.6 Å². The fourth-order valence-corrected chi connectivity index (χ4v) is 6.33. The minimum atomic E-state index is -3.94. The molecule has 0 radical (unpaired) electrons. The van der Waals surface area contributed by atoms with Crippen LogP contribution in [0.3, 0.4) is 0 Å². The highest BCUT2D eigenvalue weighted by molar-refractivity contribution is 7.89. The van der Waals surface area contributed by atoms with E-state index in [1.807, 2.05) is 0 Å². The summed E-state index contributed by atoms with van der Waals surface area (Å²) in [6, 6.07) is 13.1. The first-order valence-electron chi connectivity index (χ1n) is 10.6. The van der Waals surface area contributed by atoms with Gasteiger partial charge in [0.05, 0.1) is 16.9 Å². The predicted octanol–water partition coefficient (Wildman–Crippen LogP) is 1.53. The number of nitrogens with one attached hydrogen (secondary N) is 1. The lowest BCUT2D eigenvalue weighted by molar-refractivity contribution is -0.135. The molecule has 3 rings (SSSR count). The molecule has 1 aliphatic rings. The number of carbonyl (C=O) groups excluding carboxylic acids is 1. The molecule has 9 nitrogen and oxygen atoms in total.